The van der Waals surface area contributed by atoms with E-state index in [1.165, 1.54) is 6.07 Å². The smallest absolute Gasteiger partial charge is 0.146 e. The van der Waals surface area contributed by atoms with Crippen molar-refractivity contribution in [3.63, 3.8) is 0 Å². The molecule has 1 fully saturated rings. The number of anilines is 1. The third kappa shape index (κ3) is 2.41. The molecule has 0 atom stereocenters. The lowest BCUT2D eigenvalue weighted by Gasteiger charge is -2.28. The Labute approximate surface area is 96.9 Å². The van der Waals surface area contributed by atoms with Gasteiger partial charge in [0.15, 0.2) is 0 Å². The van der Waals surface area contributed by atoms with Gasteiger partial charge in [-0.15, -0.1) is 0 Å². The minimum atomic E-state index is -0.731. The van der Waals surface area contributed by atoms with E-state index in [0.717, 1.165) is 5.56 Å². The maximum Gasteiger partial charge on any atom is 0.146 e. The van der Waals surface area contributed by atoms with Gasteiger partial charge in [-0.25, -0.2) is 4.39 Å². The molecule has 1 aliphatic heterocycles. The minimum absolute atomic E-state index is 0.240. The quantitative estimate of drug-likeness (QED) is 0.836. The van der Waals surface area contributed by atoms with Gasteiger partial charge in [-0.2, -0.15) is 0 Å². The lowest BCUT2D eigenvalue weighted by Crippen LogP contribution is -2.38. The van der Waals surface area contributed by atoms with Gasteiger partial charge >= 0.3 is 0 Å². The number of rotatable bonds is 2. The Hall–Kier alpha value is -0.940. The third-order valence-corrected chi connectivity index (χ3v) is 4.04. The Morgan fingerprint density at radius 3 is 2.62 bits per heavy atom. The van der Waals surface area contributed by atoms with Crippen molar-refractivity contribution in [2.24, 2.45) is 5.73 Å². The molecule has 1 aromatic rings. The molecule has 2 rings (SSSR count). The molecule has 88 valence electrons. The van der Waals surface area contributed by atoms with E-state index in [2.05, 4.69) is 0 Å². The molecule has 1 aromatic carbocycles. The van der Waals surface area contributed by atoms with Crippen LogP contribution in [0.25, 0.3) is 0 Å². The molecular weight excluding hydrogens is 227 g/mol. The van der Waals surface area contributed by atoms with Crippen LogP contribution in [0.2, 0.25) is 0 Å². The van der Waals surface area contributed by atoms with E-state index in [1.54, 1.807) is 6.07 Å². The minimum Gasteiger partial charge on any atom is -0.367 e. The summed E-state index contributed by atoms with van der Waals surface area (Å²) in [5.74, 6) is 1.01. The second-order valence-corrected chi connectivity index (χ2v) is 5.52. The summed E-state index contributed by atoms with van der Waals surface area (Å²) < 4.78 is 24.9. The van der Waals surface area contributed by atoms with E-state index in [1.807, 2.05) is 11.0 Å². The second kappa shape index (κ2) is 4.93. The number of hydrogen-bond donors (Lipinski definition) is 1. The van der Waals surface area contributed by atoms with Crippen molar-refractivity contribution in [1.82, 2.24) is 0 Å². The molecule has 0 bridgehead atoms. The van der Waals surface area contributed by atoms with Crippen molar-refractivity contribution in [1.29, 1.82) is 0 Å². The van der Waals surface area contributed by atoms with Gasteiger partial charge in [-0.3, -0.25) is 4.21 Å². The summed E-state index contributed by atoms with van der Waals surface area (Å²) in [5.41, 5.74) is 6.83. The summed E-state index contributed by atoms with van der Waals surface area (Å²) >= 11 is 0. The molecule has 5 heteroatoms. The fourth-order valence-corrected chi connectivity index (χ4v) is 2.86. The van der Waals surface area contributed by atoms with Crippen LogP contribution in [0.1, 0.15) is 5.56 Å². The third-order valence-electron chi connectivity index (χ3n) is 2.77. The van der Waals surface area contributed by atoms with E-state index in [9.17, 15) is 8.60 Å². The maximum atomic E-state index is 13.7. The maximum absolute atomic E-state index is 13.7. The Morgan fingerprint density at radius 2 is 2.06 bits per heavy atom. The zero-order chi connectivity index (χ0) is 11.5. The fourth-order valence-electron chi connectivity index (χ4n) is 1.81. The molecule has 0 amide bonds. The van der Waals surface area contributed by atoms with Crippen LogP contribution in [0, 0.1) is 5.82 Å². The highest BCUT2D eigenvalue weighted by Crippen LogP contribution is 2.21. The van der Waals surface area contributed by atoms with Gasteiger partial charge in [0, 0.05) is 41.9 Å². The van der Waals surface area contributed by atoms with Crippen LogP contribution in [0.5, 0.6) is 0 Å². The molecule has 1 heterocycles. The van der Waals surface area contributed by atoms with Crippen molar-refractivity contribution in [3.8, 4) is 0 Å². The Bertz CT molecular complexity index is 401. The SMILES string of the molecule is NCc1ccc(N2CCS(=O)CC2)c(F)c1. The molecule has 0 saturated carbocycles. The zero-order valence-corrected chi connectivity index (χ0v) is 9.80. The summed E-state index contributed by atoms with van der Waals surface area (Å²) in [5, 5.41) is 0. The normalized spacial score (nSPS) is 17.8. The molecule has 3 nitrogen and oxygen atoms in total. The molecule has 2 N–H and O–H groups in total. The van der Waals surface area contributed by atoms with Gasteiger partial charge in [0.25, 0.3) is 0 Å². The predicted octanol–water partition coefficient (Wildman–Crippen LogP) is 0.853. The van der Waals surface area contributed by atoms with Crippen molar-refractivity contribution < 1.29 is 8.60 Å². The van der Waals surface area contributed by atoms with Crippen molar-refractivity contribution >= 4 is 16.5 Å². The van der Waals surface area contributed by atoms with Crippen LogP contribution < -0.4 is 10.6 Å². The first kappa shape index (κ1) is 11.5. The first-order valence-electron chi connectivity index (χ1n) is 5.29. The zero-order valence-electron chi connectivity index (χ0n) is 8.99. The van der Waals surface area contributed by atoms with Crippen LogP contribution in [-0.4, -0.2) is 28.8 Å². The summed E-state index contributed by atoms with van der Waals surface area (Å²) in [4.78, 5) is 1.94. The van der Waals surface area contributed by atoms with Crippen LogP contribution in [0.4, 0.5) is 10.1 Å². The average Bonchev–Trinajstić information content (AvgIpc) is 2.30. The number of nitrogens with two attached hydrogens (primary N) is 1. The molecule has 0 unspecified atom stereocenters. The molecule has 0 aliphatic carbocycles. The molecule has 1 aliphatic rings. The topological polar surface area (TPSA) is 46.3 Å². The highest BCUT2D eigenvalue weighted by molar-refractivity contribution is 7.85. The number of halogens is 1. The molecule has 16 heavy (non-hydrogen) atoms. The first-order valence-corrected chi connectivity index (χ1v) is 6.78. The fraction of sp³-hybridized carbons (Fsp3) is 0.455. The van der Waals surface area contributed by atoms with E-state index < -0.39 is 10.8 Å². The summed E-state index contributed by atoms with van der Waals surface area (Å²) in [7, 11) is -0.731. The van der Waals surface area contributed by atoms with E-state index >= 15 is 0 Å². The summed E-state index contributed by atoms with van der Waals surface area (Å²) in [6.45, 7) is 1.66. The highest BCUT2D eigenvalue weighted by Gasteiger charge is 2.18. The Morgan fingerprint density at radius 1 is 1.38 bits per heavy atom. The van der Waals surface area contributed by atoms with Crippen molar-refractivity contribution in [2.75, 3.05) is 29.5 Å². The van der Waals surface area contributed by atoms with Crippen molar-refractivity contribution in [2.45, 2.75) is 6.54 Å². The average molecular weight is 242 g/mol. The van der Waals surface area contributed by atoms with Gasteiger partial charge in [0.2, 0.25) is 0 Å². The van der Waals surface area contributed by atoms with E-state index in [0.29, 0.717) is 36.8 Å². The lowest BCUT2D eigenvalue weighted by atomic mass is 10.2. The van der Waals surface area contributed by atoms with E-state index in [-0.39, 0.29) is 5.82 Å². The summed E-state index contributed by atoms with van der Waals surface area (Å²) in [6, 6.07) is 5.07. The standard InChI is InChI=1S/C11H15FN2OS/c12-10-7-9(8-13)1-2-11(10)14-3-5-16(15)6-4-14/h1-2,7H,3-6,8,13H2. The summed E-state index contributed by atoms with van der Waals surface area (Å²) in [6.07, 6.45) is 0. The van der Waals surface area contributed by atoms with Crippen molar-refractivity contribution in [3.05, 3.63) is 29.6 Å². The van der Waals surface area contributed by atoms with Gasteiger partial charge in [0.1, 0.15) is 5.82 Å². The van der Waals surface area contributed by atoms with Crippen LogP contribution in [0.3, 0.4) is 0 Å². The van der Waals surface area contributed by atoms with Gasteiger partial charge in [-0.1, -0.05) is 6.07 Å². The van der Waals surface area contributed by atoms with E-state index in [4.69, 9.17) is 5.73 Å². The molecular formula is C11H15FN2OS. The predicted molar refractivity (Wildman–Crippen MR) is 64.4 cm³/mol. The van der Waals surface area contributed by atoms with Gasteiger partial charge in [0.05, 0.1) is 5.69 Å². The molecule has 0 spiro atoms. The Kier molecular flexibility index (Phi) is 3.56. The largest absolute Gasteiger partial charge is 0.367 e. The Balaban J connectivity index is 2.17. The molecule has 0 aromatic heterocycles. The number of nitrogens with zero attached hydrogens (tertiary/aromatic N) is 1. The van der Waals surface area contributed by atoms with Gasteiger partial charge in [-0.05, 0) is 17.7 Å². The lowest BCUT2D eigenvalue weighted by molar-refractivity contribution is 0.615. The first-order chi connectivity index (χ1) is 7.70. The van der Waals surface area contributed by atoms with Crippen LogP contribution >= 0.6 is 0 Å². The molecule has 0 radical (unpaired) electrons. The second-order valence-electron chi connectivity index (χ2n) is 3.83. The highest BCUT2D eigenvalue weighted by atomic mass is 32.2. The van der Waals surface area contributed by atoms with Crippen LogP contribution in [-0.2, 0) is 17.3 Å². The number of hydrogen-bond acceptors (Lipinski definition) is 3. The molecule has 1 saturated heterocycles. The monoisotopic (exact) mass is 242 g/mol. The van der Waals surface area contributed by atoms with Crippen LogP contribution in [0.15, 0.2) is 18.2 Å². The number of benzene rings is 1. The van der Waals surface area contributed by atoms with Gasteiger partial charge < -0.3 is 10.6 Å².